The second-order valence-corrected chi connectivity index (χ2v) is 6.28. The maximum Gasteiger partial charge on any atom is 0.119 e. The van der Waals surface area contributed by atoms with Crippen molar-refractivity contribution in [1.82, 2.24) is 0 Å². The summed E-state index contributed by atoms with van der Waals surface area (Å²) in [6.45, 7) is 5.93. The first-order valence-electron chi connectivity index (χ1n) is 7.58. The largest absolute Gasteiger partial charge is 0.493 e. The van der Waals surface area contributed by atoms with E-state index in [1.807, 2.05) is 0 Å². The Labute approximate surface area is 117 Å². The van der Waals surface area contributed by atoms with Crippen LogP contribution in [-0.4, -0.2) is 13.2 Å². The van der Waals surface area contributed by atoms with Gasteiger partial charge in [-0.25, -0.2) is 0 Å². The molecule has 0 bridgehead atoms. The number of ether oxygens (including phenoxy) is 1. The highest BCUT2D eigenvalue weighted by atomic mass is 16.5. The Morgan fingerprint density at radius 3 is 2.26 bits per heavy atom. The van der Waals surface area contributed by atoms with Gasteiger partial charge in [0.2, 0.25) is 0 Å². The topological polar surface area (TPSA) is 35.2 Å². The second kappa shape index (κ2) is 6.42. The zero-order valence-electron chi connectivity index (χ0n) is 12.3. The van der Waals surface area contributed by atoms with Crippen LogP contribution in [0.5, 0.6) is 5.75 Å². The minimum absolute atomic E-state index is 0.217. The summed E-state index contributed by atoms with van der Waals surface area (Å²) in [7, 11) is 0. The maximum absolute atomic E-state index is 5.99. The lowest BCUT2D eigenvalue weighted by atomic mass is 9.75. The molecule has 0 heterocycles. The molecular weight excluding hydrogens is 234 g/mol. The number of hydrogen-bond donors (Lipinski definition) is 1. The van der Waals surface area contributed by atoms with Crippen molar-refractivity contribution in [1.29, 1.82) is 0 Å². The van der Waals surface area contributed by atoms with Gasteiger partial charge in [-0.3, -0.25) is 0 Å². The summed E-state index contributed by atoms with van der Waals surface area (Å²) in [5.74, 6) is 1.55. The molecule has 1 aliphatic rings. The Morgan fingerprint density at radius 2 is 1.74 bits per heavy atom. The van der Waals surface area contributed by atoms with Crippen LogP contribution in [0.3, 0.4) is 0 Å². The van der Waals surface area contributed by atoms with Crippen LogP contribution in [-0.2, 0) is 0 Å². The fourth-order valence-corrected chi connectivity index (χ4v) is 2.89. The standard InChI is InChI=1S/C17H27NO/c1-14(2)15-6-8-16(9-7-15)19-13-17(12-18)10-4-3-5-11-17/h6-9,14H,3-5,10-13,18H2,1-2H3. The van der Waals surface area contributed by atoms with Crippen molar-refractivity contribution in [2.24, 2.45) is 11.1 Å². The Hall–Kier alpha value is -1.02. The zero-order chi connectivity index (χ0) is 13.7. The fourth-order valence-electron chi connectivity index (χ4n) is 2.89. The van der Waals surface area contributed by atoms with Gasteiger partial charge in [0.05, 0.1) is 6.61 Å². The van der Waals surface area contributed by atoms with Crippen LogP contribution in [0, 0.1) is 5.41 Å². The van der Waals surface area contributed by atoms with E-state index in [9.17, 15) is 0 Å². The van der Waals surface area contributed by atoms with Crippen LogP contribution >= 0.6 is 0 Å². The summed E-state index contributed by atoms with van der Waals surface area (Å²) in [6.07, 6.45) is 6.38. The first kappa shape index (κ1) is 14.4. The van der Waals surface area contributed by atoms with E-state index in [1.165, 1.54) is 37.7 Å². The number of nitrogens with two attached hydrogens (primary N) is 1. The molecule has 1 aromatic carbocycles. The summed E-state index contributed by atoms with van der Waals surface area (Å²) in [5.41, 5.74) is 7.56. The van der Waals surface area contributed by atoms with Crippen LogP contribution in [0.15, 0.2) is 24.3 Å². The SMILES string of the molecule is CC(C)c1ccc(OCC2(CN)CCCCC2)cc1. The highest BCUT2D eigenvalue weighted by Gasteiger charge is 2.31. The molecule has 2 heteroatoms. The van der Waals surface area contributed by atoms with Crippen LogP contribution < -0.4 is 10.5 Å². The van der Waals surface area contributed by atoms with Gasteiger partial charge >= 0.3 is 0 Å². The first-order chi connectivity index (χ1) is 9.15. The average Bonchev–Trinajstić information content (AvgIpc) is 2.46. The molecule has 1 aromatic rings. The second-order valence-electron chi connectivity index (χ2n) is 6.28. The summed E-state index contributed by atoms with van der Waals surface area (Å²) in [6, 6.07) is 8.50. The summed E-state index contributed by atoms with van der Waals surface area (Å²) in [4.78, 5) is 0. The van der Waals surface area contributed by atoms with Gasteiger partial charge in [0.15, 0.2) is 0 Å². The molecule has 0 aromatic heterocycles. The van der Waals surface area contributed by atoms with E-state index in [4.69, 9.17) is 10.5 Å². The lowest BCUT2D eigenvalue weighted by Gasteiger charge is -2.35. The molecule has 1 aliphatic carbocycles. The lowest BCUT2D eigenvalue weighted by molar-refractivity contribution is 0.105. The van der Waals surface area contributed by atoms with Gasteiger partial charge in [-0.2, -0.15) is 0 Å². The van der Waals surface area contributed by atoms with Gasteiger partial charge in [-0.05, 0) is 36.5 Å². The summed E-state index contributed by atoms with van der Waals surface area (Å²) >= 11 is 0. The van der Waals surface area contributed by atoms with E-state index in [1.54, 1.807) is 0 Å². The van der Waals surface area contributed by atoms with E-state index in [0.717, 1.165) is 18.9 Å². The third-order valence-electron chi connectivity index (χ3n) is 4.44. The molecule has 0 amide bonds. The number of benzene rings is 1. The van der Waals surface area contributed by atoms with E-state index < -0.39 is 0 Å². The Balaban J connectivity index is 1.93. The Bertz CT molecular complexity index is 377. The van der Waals surface area contributed by atoms with Crippen molar-refractivity contribution in [2.75, 3.05) is 13.2 Å². The van der Waals surface area contributed by atoms with E-state index in [0.29, 0.717) is 5.92 Å². The average molecular weight is 261 g/mol. The van der Waals surface area contributed by atoms with Crippen molar-refractivity contribution in [3.8, 4) is 5.75 Å². The van der Waals surface area contributed by atoms with Crippen molar-refractivity contribution in [3.63, 3.8) is 0 Å². The van der Waals surface area contributed by atoms with Gasteiger partial charge in [-0.1, -0.05) is 45.2 Å². The Kier molecular flexibility index (Phi) is 4.87. The molecule has 0 atom stereocenters. The van der Waals surface area contributed by atoms with Crippen molar-refractivity contribution >= 4 is 0 Å². The number of rotatable bonds is 5. The fraction of sp³-hybridized carbons (Fsp3) is 0.647. The normalized spacial score (nSPS) is 18.5. The first-order valence-corrected chi connectivity index (χ1v) is 7.58. The molecule has 19 heavy (non-hydrogen) atoms. The summed E-state index contributed by atoms with van der Waals surface area (Å²) in [5, 5.41) is 0. The highest BCUT2D eigenvalue weighted by molar-refractivity contribution is 5.28. The molecule has 0 saturated heterocycles. The third kappa shape index (κ3) is 3.73. The van der Waals surface area contributed by atoms with Crippen LogP contribution in [0.25, 0.3) is 0 Å². The molecule has 2 nitrogen and oxygen atoms in total. The van der Waals surface area contributed by atoms with Crippen molar-refractivity contribution in [3.05, 3.63) is 29.8 Å². The molecule has 0 aliphatic heterocycles. The minimum Gasteiger partial charge on any atom is -0.493 e. The maximum atomic E-state index is 5.99. The highest BCUT2D eigenvalue weighted by Crippen LogP contribution is 2.35. The van der Waals surface area contributed by atoms with Crippen molar-refractivity contribution < 1.29 is 4.74 Å². The van der Waals surface area contributed by atoms with E-state index in [2.05, 4.69) is 38.1 Å². The molecule has 1 fully saturated rings. The van der Waals surface area contributed by atoms with Gasteiger partial charge in [0.25, 0.3) is 0 Å². The predicted octanol–water partition coefficient (Wildman–Crippen LogP) is 4.10. The molecule has 0 unspecified atom stereocenters. The minimum atomic E-state index is 0.217. The lowest BCUT2D eigenvalue weighted by Crippen LogP contribution is -2.38. The monoisotopic (exact) mass is 261 g/mol. The molecule has 2 rings (SSSR count). The van der Waals surface area contributed by atoms with Crippen LogP contribution in [0.4, 0.5) is 0 Å². The predicted molar refractivity (Wildman–Crippen MR) is 80.6 cm³/mol. The van der Waals surface area contributed by atoms with E-state index in [-0.39, 0.29) is 5.41 Å². The van der Waals surface area contributed by atoms with Crippen molar-refractivity contribution in [2.45, 2.75) is 51.9 Å². The Morgan fingerprint density at radius 1 is 1.11 bits per heavy atom. The quantitative estimate of drug-likeness (QED) is 0.866. The third-order valence-corrected chi connectivity index (χ3v) is 4.44. The van der Waals surface area contributed by atoms with Gasteiger partial charge in [0.1, 0.15) is 5.75 Å². The molecule has 0 spiro atoms. The molecule has 1 saturated carbocycles. The zero-order valence-corrected chi connectivity index (χ0v) is 12.3. The molecular formula is C17H27NO. The summed E-state index contributed by atoms with van der Waals surface area (Å²) < 4.78 is 5.99. The van der Waals surface area contributed by atoms with E-state index >= 15 is 0 Å². The number of hydrogen-bond acceptors (Lipinski definition) is 2. The molecule has 106 valence electrons. The van der Waals surface area contributed by atoms with Gasteiger partial charge < -0.3 is 10.5 Å². The van der Waals surface area contributed by atoms with Crippen LogP contribution in [0.2, 0.25) is 0 Å². The van der Waals surface area contributed by atoms with Gasteiger partial charge in [0, 0.05) is 12.0 Å². The molecule has 2 N–H and O–H groups in total. The van der Waals surface area contributed by atoms with Gasteiger partial charge in [-0.15, -0.1) is 0 Å². The smallest absolute Gasteiger partial charge is 0.119 e. The molecule has 0 radical (unpaired) electrons. The van der Waals surface area contributed by atoms with Crippen LogP contribution in [0.1, 0.15) is 57.4 Å².